The fraction of sp³-hybridized carbons (Fsp3) is 0.609. The Morgan fingerprint density at radius 2 is 1.25 bits per heavy atom. The van der Waals surface area contributed by atoms with Gasteiger partial charge in [0.1, 0.15) is 6.10 Å². The van der Waals surface area contributed by atoms with E-state index in [9.17, 15) is 29.4 Å². The van der Waals surface area contributed by atoms with Crippen molar-refractivity contribution >= 4 is 23.9 Å². The molecule has 0 aromatic heterocycles. The molecule has 2 aromatic rings. The van der Waals surface area contributed by atoms with Gasteiger partial charge in [0.05, 0.1) is 29.7 Å². The van der Waals surface area contributed by atoms with Gasteiger partial charge < -0.3 is 29.3 Å². The Bertz CT molecular complexity index is 1890. The van der Waals surface area contributed by atoms with Crippen molar-refractivity contribution in [2.24, 2.45) is 56.7 Å². The van der Waals surface area contributed by atoms with Crippen LogP contribution in [0, 0.1) is 56.7 Å². The van der Waals surface area contributed by atoms with Crippen molar-refractivity contribution in [1.82, 2.24) is 0 Å². The van der Waals surface area contributed by atoms with Crippen LogP contribution in [0.3, 0.4) is 0 Å². The Morgan fingerprint density at radius 3 is 1.82 bits per heavy atom. The van der Waals surface area contributed by atoms with Crippen LogP contribution in [0.1, 0.15) is 147 Å². The zero-order chi connectivity index (χ0) is 39.0. The molecule has 5 fully saturated rings. The molecule has 0 amide bonds. The average molecular weight is 783 g/mol. The maximum absolute atomic E-state index is 13.5. The molecule has 5 saturated carbocycles. The number of carbonyl (C=O) groups excluding carboxylic acids is 4. The van der Waals surface area contributed by atoms with Gasteiger partial charge in [-0.25, -0.2) is 9.59 Å². The second kappa shape index (κ2) is 16.3. The molecule has 290 valence electrons. The number of carboxylic acid groups (broad SMARTS) is 2. The molecule has 10 heteroatoms. The van der Waals surface area contributed by atoms with Gasteiger partial charge in [-0.2, -0.15) is 0 Å². The third kappa shape index (κ3) is 7.02. The molecular weight excluding hydrogens is 726 g/mol. The number of carbonyl (C=O) groups is 4. The van der Waals surface area contributed by atoms with E-state index in [4.69, 9.17) is 9.47 Å². The molecule has 10 atom stereocenters. The Kier molecular flexibility index (Phi) is 13.1. The number of rotatable bonds is 8. The first-order valence-corrected chi connectivity index (χ1v) is 20.1. The van der Waals surface area contributed by atoms with E-state index in [0.717, 1.165) is 64.2 Å². The number of allylic oxidation sites excluding steroid dienone is 1. The van der Waals surface area contributed by atoms with Crippen LogP contribution in [0.15, 0.2) is 60.7 Å². The maximum atomic E-state index is 13.5. The molecule has 0 spiro atoms. The second-order valence-electron chi connectivity index (χ2n) is 19.0. The third-order valence-corrected chi connectivity index (χ3v) is 16.7. The number of ether oxygens (including phenoxy) is 2. The van der Waals surface area contributed by atoms with Crippen molar-refractivity contribution in [3.05, 3.63) is 82.9 Å². The monoisotopic (exact) mass is 782 g/mol. The van der Waals surface area contributed by atoms with Gasteiger partial charge in [-0.15, -0.1) is 0 Å². The number of hydrogen-bond acceptors (Lipinski definition) is 8. The van der Waals surface area contributed by atoms with Crippen LogP contribution < -0.4 is 69.3 Å². The molecule has 2 unspecified atom stereocenters. The summed E-state index contributed by atoms with van der Waals surface area (Å²) >= 11 is 0. The number of carboxylic acids is 2. The number of hydrogen-bond donors (Lipinski definition) is 0. The van der Waals surface area contributed by atoms with Crippen LogP contribution in [0.2, 0.25) is 0 Å². The van der Waals surface area contributed by atoms with Gasteiger partial charge in [-0.05, 0) is 129 Å². The van der Waals surface area contributed by atoms with E-state index in [2.05, 4.69) is 48.1 Å². The van der Waals surface area contributed by atoms with E-state index in [0.29, 0.717) is 29.6 Å². The summed E-state index contributed by atoms with van der Waals surface area (Å²) in [5.74, 6) is -2.10. The van der Waals surface area contributed by atoms with Crippen molar-refractivity contribution < 1.29 is 98.0 Å². The summed E-state index contributed by atoms with van der Waals surface area (Å²) in [6.07, 6.45) is 9.60. The van der Waals surface area contributed by atoms with Crippen molar-refractivity contribution in [3.63, 3.8) is 0 Å². The summed E-state index contributed by atoms with van der Waals surface area (Å²) < 4.78 is 12.3. The van der Waals surface area contributed by atoms with Gasteiger partial charge in [-0.3, -0.25) is 0 Å². The minimum Gasteiger partial charge on any atom is -0.545 e. The standard InChI is InChI=1S/C46H58O8.2Na/c1-27(2)28-18-23-46(26-53-40(51)31-14-10-8-12-29(31)38(47)48)25-24-44(6)33(37(28)46)16-17-35-43(5)21-20-36(42(3,4)34(43)19-22-45(35,44)7)54-41(52)32-15-11-9-13-30(32)39(49)50;;/h8-15,28,33-37H,1,16-26H2,2-7H3,(H,47,48)(H,49,50);;/q;2*+1/p-2/t28-,33?,34?,35+,36-,37-,43-,44+,45+,46+;;/m0../s1. The van der Waals surface area contributed by atoms with Crippen molar-refractivity contribution in [2.75, 3.05) is 6.61 Å². The first-order valence-electron chi connectivity index (χ1n) is 20.1. The zero-order valence-electron chi connectivity index (χ0n) is 34.8. The van der Waals surface area contributed by atoms with Crippen molar-refractivity contribution in [2.45, 2.75) is 112 Å². The zero-order valence-corrected chi connectivity index (χ0v) is 38.8. The molecule has 0 N–H and O–H groups in total. The number of aromatic carboxylic acids is 2. The van der Waals surface area contributed by atoms with Crippen LogP contribution in [-0.2, 0) is 9.47 Å². The van der Waals surface area contributed by atoms with Gasteiger partial charge in [0, 0.05) is 22.0 Å². The van der Waals surface area contributed by atoms with E-state index in [1.54, 1.807) is 24.3 Å². The van der Waals surface area contributed by atoms with E-state index in [1.165, 1.54) is 29.8 Å². The molecule has 5 aliphatic carbocycles. The molecule has 0 heterocycles. The summed E-state index contributed by atoms with van der Waals surface area (Å²) in [5.41, 5.74) is 0.644. The molecule has 0 aliphatic heterocycles. The first kappa shape index (κ1) is 45.1. The van der Waals surface area contributed by atoms with E-state index in [-0.39, 0.29) is 121 Å². The fourth-order valence-corrected chi connectivity index (χ4v) is 13.9. The van der Waals surface area contributed by atoms with Gasteiger partial charge in [0.15, 0.2) is 0 Å². The van der Waals surface area contributed by atoms with Crippen LogP contribution in [-0.4, -0.2) is 36.6 Å². The molecule has 2 aromatic carbocycles. The predicted octanol–water partition coefficient (Wildman–Crippen LogP) is 1.46. The molecule has 0 bridgehead atoms. The van der Waals surface area contributed by atoms with Gasteiger partial charge in [0.2, 0.25) is 0 Å². The Balaban J connectivity index is 0.00000300. The van der Waals surface area contributed by atoms with Crippen LogP contribution >= 0.6 is 0 Å². The van der Waals surface area contributed by atoms with E-state index < -0.39 is 23.9 Å². The Morgan fingerprint density at radius 1 is 0.679 bits per heavy atom. The van der Waals surface area contributed by atoms with E-state index in [1.807, 2.05) is 0 Å². The predicted molar refractivity (Wildman–Crippen MR) is 200 cm³/mol. The fourth-order valence-electron chi connectivity index (χ4n) is 13.9. The molecule has 0 saturated heterocycles. The van der Waals surface area contributed by atoms with Crippen LogP contribution in [0.25, 0.3) is 0 Å². The maximum Gasteiger partial charge on any atom is 1.00 e. The molecular formula is C46H56Na2O8. The van der Waals surface area contributed by atoms with Gasteiger partial charge >= 0.3 is 71.1 Å². The number of esters is 2. The molecule has 5 aliphatic rings. The Hall–Kier alpha value is -1.94. The molecule has 0 radical (unpaired) electrons. The molecule has 7 rings (SSSR count). The first-order chi connectivity index (χ1) is 25.4. The topological polar surface area (TPSA) is 133 Å². The summed E-state index contributed by atoms with van der Waals surface area (Å²) in [4.78, 5) is 50.5. The molecule has 56 heavy (non-hydrogen) atoms. The van der Waals surface area contributed by atoms with Gasteiger partial charge in [0.25, 0.3) is 0 Å². The summed E-state index contributed by atoms with van der Waals surface area (Å²) in [6.45, 7) is 19.0. The SMILES string of the molecule is C=C(C)[C@@H]1CC[C@]2(COC(=O)c3ccccc3C(=O)[O-])CC[C@]3(C)C(CC[C@@H]4[C@@]5(C)CC[C@H](OC(=O)c6ccccc6C(=O)[O-])C(C)(C)C5CC[C@]43C)[C@H]12.[Na+].[Na+]. The van der Waals surface area contributed by atoms with Crippen molar-refractivity contribution in [1.29, 1.82) is 0 Å². The third-order valence-electron chi connectivity index (χ3n) is 16.7. The summed E-state index contributed by atoms with van der Waals surface area (Å²) in [7, 11) is 0. The largest absolute Gasteiger partial charge is 1.00 e. The van der Waals surface area contributed by atoms with Gasteiger partial charge in [-0.1, -0.05) is 83.2 Å². The number of fused-ring (bicyclic) bond motifs is 7. The van der Waals surface area contributed by atoms with E-state index >= 15 is 0 Å². The van der Waals surface area contributed by atoms with Crippen LogP contribution in [0.4, 0.5) is 0 Å². The normalized spacial score (nSPS) is 36.4. The van der Waals surface area contributed by atoms with Crippen LogP contribution in [0.5, 0.6) is 0 Å². The average Bonchev–Trinajstić information content (AvgIpc) is 3.52. The quantitative estimate of drug-likeness (QED) is 0.224. The van der Waals surface area contributed by atoms with Crippen molar-refractivity contribution in [3.8, 4) is 0 Å². The minimum atomic E-state index is -1.39. The Labute approximate surface area is 376 Å². The summed E-state index contributed by atoms with van der Waals surface area (Å²) in [5, 5.41) is 23.6. The minimum absolute atomic E-state index is 0. The number of benzene rings is 2. The summed E-state index contributed by atoms with van der Waals surface area (Å²) in [6, 6.07) is 12.2. The smallest absolute Gasteiger partial charge is 0.545 e. The second-order valence-corrected chi connectivity index (χ2v) is 19.0. The molecule has 8 nitrogen and oxygen atoms in total.